The number of sulfonamides is 1. The molecule has 2 aromatic heterocycles. The van der Waals surface area contributed by atoms with Crippen LogP contribution in [0.1, 0.15) is 23.5 Å². The minimum atomic E-state index is -3.55. The van der Waals surface area contributed by atoms with Gasteiger partial charge in [-0.25, -0.2) is 8.42 Å². The minimum Gasteiger partial charge on any atom is -0.495 e. The lowest BCUT2D eigenvalue weighted by atomic mass is 10.0. The maximum absolute atomic E-state index is 12.1. The van der Waals surface area contributed by atoms with E-state index in [1.54, 1.807) is 18.3 Å². The van der Waals surface area contributed by atoms with E-state index in [2.05, 4.69) is 56.0 Å². The third-order valence-electron chi connectivity index (χ3n) is 6.95. The summed E-state index contributed by atoms with van der Waals surface area (Å²) in [4.78, 5) is 6.66. The molecule has 1 aliphatic heterocycles. The molecule has 8 nitrogen and oxygen atoms in total. The van der Waals surface area contributed by atoms with Gasteiger partial charge < -0.3 is 19.5 Å². The summed E-state index contributed by atoms with van der Waals surface area (Å²) in [6.45, 7) is 0. The summed E-state index contributed by atoms with van der Waals surface area (Å²) >= 11 is 5.90. The molecule has 1 saturated heterocycles. The number of nitrogens with zero attached hydrogens (tertiary/aromatic N) is 3. The van der Waals surface area contributed by atoms with Crippen LogP contribution in [0.25, 0.3) is 16.5 Å². The van der Waals surface area contributed by atoms with Gasteiger partial charge in [-0.1, -0.05) is 36.4 Å². The largest absolute Gasteiger partial charge is 0.495 e. The fraction of sp³-hybridized carbons (Fsp3) is 0.133. The van der Waals surface area contributed by atoms with E-state index < -0.39 is 10.0 Å². The number of ether oxygens (including phenoxy) is 1. The number of rotatable bonds is 7. The van der Waals surface area contributed by atoms with Crippen molar-refractivity contribution < 1.29 is 13.2 Å². The highest BCUT2D eigenvalue weighted by Gasteiger charge is 2.42. The lowest BCUT2D eigenvalue weighted by Crippen LogP contribution is -2.30. The Hall–Kier alpha value is -4.41. The molecule has 0 spiro atoms. The lowest BCUT2D eigenvalue weighted by Gasteiger charge is -2.29. The van der Waals surface area contributed by atoms with E-state index in [1.807, 2.05) is 53.6 Å². The van der Waals surface area contributed by atoms with Gasteiger partial charge in [-0.2, -0.15) is 0 Å². The minimum absolute atomic E-state index is 0.267. The van der Waals surface area contributed by atoms with E-state index in [4.69, 9.17) is 17.0 Å². The molecule has 2 N–H and O–H groups in total. The predicted molar refractivity (Wildman–Crippen MR) is 163 cm³/mol. The third kappa shape index (κ3) is 4.87. The van der Waals surface area contributed by atoms with E-state index in [0.717, 1.165) is 28.7 Å². The van der Waals surface area contributed by atoms with Crippen molar-refractivity contribution in [3.05, 3.63) is 115 Å². The fourth-order valence-corrected chi connectivity index (χ4v) is 6.16. The lowest BCUT2D eigenvalue weighted by molar-refractivity contribution is 0.417. The smallest absolute Gasteiger partial charge is 0.229 e. The van der Waals surface area contributed by atoms with Crippen LogP contribution in [0.3, 0.4) is 0 Å². The van der Waals surface area contributed by atoms with Crippen LogP contribution in [0.2, 0.25) is 0 Å². The highest BCUT2D eigenvalue weighted by molar-refractivity contribution is 7.92. The first-order valence-electron chi connectivity index (χ1n) is 12.7. The second-order valence-electron chi connectivity index (χ2n) is 9.59. The van der Waals surface area contributed by atoms with Crippen LogP contribution in [-0.4, -0.2) is 36.4 Å². The van der Waals surface area contributed by atoms with Crippen molar-refractivity contribution in [2.75, 3.05) is 23.0 Å². The van der Waals surface area contributed by atoms with Crippen LogP contribution in [0.15, 0.2) is 103 Å². The molecular formula is C30H27N5O3S2. The Kier molecular flexibility index (Phi) is 6.65. The van der Waals surface area contributed by atoms with Gasteiger partial charge in [0.15, 0.2) is 5.11 Å². The van der Waals surface area contributed by atoms with Crippen molar-refractivity contribution >= 4 is 49.5 Å². The van der Waals surface area contributed by atoms with Crippen molar-refractivity contribution in [3.63, 3.8) is 0 Å². The molecule has 0 bridgehead atoms. The summed E-state index contributed by atoms with van der Waals surface area (Å²) in [6.07, 6.45) is 4.92. The number of thiocarbonyl (C=S) groups is 1. The molecule has 0 saturated carbocycles. The molecular weight excluding hydrogens is 542 g/mol. The van der Waals surface area contributed by atoms with Crippen molar-refractivity contribution in [1.29, 1.82) is 0 Å². The molecule has 0 amide bonds. The van der Waals surface area contributed by atoms with Gasteiger partial charge in [-0.05, 0) is 77.6 Å². The third-order valence-corrected chi connectivity index (χ3v) is 7.85. The van der Waals surface area contributed by atoms with Crippen LogP contribution in [0.4, 0.5) is 11.4 Å². The maximum atomic E-state index is 12.1. The van der Waals surface area contributed by atoms with Gasteiger partial charge in [0.1, 0.15) is 11.8 Å². The van der Waals surface area contributed by atoms with Gasteiger partial charge in [0, 0.05) is 29.5 Å². The van der Waals surface area contributed by atoms with E-state index in [0.29, 0.717) is 22.2 Å². The molecule has 10 heteroatoms. The zero-order valence-electron chi connectivity index (χ0n) is 21.9. The summed E-state index contributed by atoms with van der Waals surface area (Å²) in [5.41, 5.74) is 3.89. The Morgan fingerprint density at radius 3 is 2.45 bits per heavy atom. The maximum Gasteiger partial charge on any atom is 0.229 e. The van der Waals surface area contributed by atoms with E-state index >= 15 is 0 Å². The molecule has 0 unspecified atom stereocenters. The standard InChI is InChI=1S/C30H27N5O3S2/c1-38-27-15-14-23(19-25(27)33-40(2,36)37)35-29(28(32-30(35)39)24-10-5-6-16-31-24)26-11-7-17-34(26)22-13-12-20-8-3-4-9-21(20)18-22/h3-19,28-29,33H,1-2H3,(H,32,39)/t28-,29-/m0/s1. The topological polar surface area (TPSA) is 88.5 Å². The predicted octanol–water partition coefficient (Wildman–Crippen LogP) is 5.58. The number of fused-ring (bicyclic) bond motifs is 1. The van der Waals surface area contributed by atoms with Crippen LogP contribution < -0.4 is 19.7 Å². The molecule has 0 radical (unpaired) electrons. The normalized spacial score (nSPS) is 17.1. The Balaban J connectivity index is 1.51. The van der Waals surface area contributed by atoms with E-state index in [1.165, 1.54) is 12.5 Å². The number of pyridine rings is 1. The van der Waals surface area contributed by atoms with Crippen molar-refractivity contribution in [2.24, 2.45) is 0 Å². The Labute approximate surface area is 238 Å². The fourth-order valence-electron chi connectivity index (χ4n) is 5.26. The number of anilines is 2. The summed E-state index contributed by atoms with van der Waals surface area (Å²) < 4.78 is 34.4. The number of hydrogen-bond acceptors (Lipinski definition) is 5. The number of hydrogen-bond donors (Lipinski definition) is 2. The van der Waals surface area contributed by atoms with Gasteiger partial charge in [-0.15, -0.1) is 0 Å². The van der Waals surface area contributed by atoms with Gasteiger partial charge in [0.05, 0.1) is 30.8 Å². The number of aromatic nitrogens is 2. The molecule has 6 rings (SSSR count). The van der Waals surface area contributed by atoms with Gasteiger partial charge in [0.2, 0.25) is 10.0 Å². The average molecular weight is 570 g/mol. The monoisotopic (exact) mass is 569 g/mol. The summed E-state index contributed by atoms with van der Waals surface area (Å²) in [7, 11) is -2.05. The Bertz CT molecular complexity index is 1820. The molecule has 3 aromatic carbocycles. The van der Waals surface area contributed by atoms with Gasteiger partial charge in [0.25, 0.3) is 0 Å². The number of benzene rings is 3. The molecule has 3 heterocycles. The highest BCUT2D eigenvalue weighted by Crippen LogP contribution is 2.44. The van der Waals surface area contributed by atoms with Crippen LogP contribution >= 0.6 is 12.2 Å². The van der Waals surface area contributed by atoms with Gasteiger partial charge in [-0.3, -0.25) is 9.71 Å². The molecule has 2 atom stereocenters. The van der Waals surface area contributed by atoms with Crippen LogP contribution in [-0.2, 0) is 10.0 Å². The Morgan fingerprint density at radius 1 is 0.925 bits per heavy atom. The van der Waals surface area contributed by atoms with Crippen molar-refractivity contribution in [2.45, 2.75) is 12.1 Å². The highest BCUT2D eigenvalue weighted by atomic mass is 32.2. The molecule has 40 heavy (non-hydrogen) atoms. The molecule has 0 aliphatic carbocycles. The second-order valence-corrected chi connectivity index (χ2v) is 11.7. The summed E-state index contributed by atoms with van der Waals surface area (Å²) in [6, 6.07) is 29.3. The molecule has 1 aliphatic rings. The summed E-state index contributed by atoms with van der Waals surface area (Å²) in [5, 5.41) is 6.29. The molecule has 5 aromatic rings. The first-order chi connectivity index (χ1) is 19.3. The van der Waals surface area contributed by atoms with Crippen LogP contribution in [0.5, 0.6) is 5.75 Å². The summed E-state index contributed by atoms with van der Waals surface area (Å²) in [5.74, 6) is 0.407. The van der Waals surface area contributed by atoms with E-state index in [9.17, 15) is 8.42 Å². The average Bonchev–Trinajstić information content (AvgIpc) is 3.56. The number of nitrogens with one attached hydrogen (secondary N) is 2. The van der Waals surface area contributed by atoms with Crippen LogP contribution in [0, 0.1) is 0 Å². The van der Waals surface area contributed by atoms with Crippen molar-refractivity contribution in [1.82, 2.24) is 14.9 Å². The van der Waals surface area contributed by atoms with Crippen molar-refractivity contribution in [3.8, 4) is 11.4 Å². The molecule has 202 valence electrons. The second kappa shape index (κ2) is 10.3. The molecule has 1 fully saturated rings. The first-order valence-corrected chi connectivity index (χ1v) is 15.0. The van der Waals surface area contributed by atoms with Gasteiger partial charge >= 0.3 is 0 Å². The first kappa shape index (κ1) is 25.8. The zero-order valence-corrected chi connectivity index (χ0v) is 23.5. The zero-order chi connectivity index (χ0) is 27.9. The van der Waals surface area contributed by atoms with E-state index in [-0.39, 0.29) is 12.1 Å². The number of methoxy groups -OCH3 is 1. The SMILES string of the molecule is COc1ccc(N2C(=S)N[C@@H](c3ccccn3)[C@@H]2c2cccn2-c2ccc3ccccc3c2)cc1NS(C)(=O)=O. The Morgan fingerprint density at radius 2 is 1.70 bits per heavy atom. The quantitative estimate of drug-likeness (QED) is 0.247.